The van der Waals surface area contributed by atoms with Gasteiger partial charge < -0.3 is 25.2 Å². The number of carbonyl (C=O) groups is 1. The summed E-state index contributed by atoms with van der Waals surface area (Å²) in [6.07, 6.45) is -1.72. The van der Waals surface area contributed by atoms with Crippen molar-refractivity contribution >= 4 is 34.6 Å². The van der Waals surface area contributed by atoms with Crippen LogP contribution in [0.1, 0.15) is 23.6 Å². The second-order valence-corrected chi connectivity index (χ2v) is 11.6. The Hall–Kier alpha value is -5.21. The van der Waals surface area contributed by atoms with Crippen LogP contribution in [0.5, 0.6) is 5.75 Å². The van der Waals surface area contributed by atoms with Crippen LogP contribution in [-0.2, 0) is 15.8 Å². The zero-order valence-electron chi connectivity index (χ0n) is 27.5. The first kappa shape index (κ1) is 35.1. The van der Waals surface area contributed by atoms with E-state index in [4.69, 9.17) is 9.57 Å². The van der Waals surface area contributed by atoms with E-state index in [-0.39, 0.29) is 17.5 Å². The van der Waals surface area contributed by atoms with E-state index in [1.54, 1.807) is 42.5 Å². The van der Waals surface area contributed by atoms with Gasteiger partial charge in [0, 0.05) is 44.3 Å². The maximum absolute atomic E-state index is 15.0. The SMILES string of the molecule is C=CC(=O)Nc1cc(Nc2cc(N3OCC[C@@H]3c3cccc(-c4cccc(C(F)(F)F)c4F)c3)ncn2)c(OC)cc1N(C)CCN(C)C. The third kappa shape index (κ3) is 8.09. The van der Waals surface area contributed by atoms with E-state index in [1.165, 1.54) is 24.5 Å². The number of methoxy groups -OCH3 is 1. The smallest absolute Gasteiger partial charge is 0.419 e. The molecule has 0 spiro atoms. The van der Waals surface area contributed by atoms with Gasteiger partial charge in [-0.05, 0) is 49.5 Å². The number of aromatic nitrogens is 2. The number of likely N-dealkylation sites (N-methyl/N-ethyl adjacent to an activating group) is 2. The van der Waals surface area contributed by atoms with E-state index in [2.05, 4.69) is 32.1 Å². The van der Waals surface area contributed by atoms with Gasteiger partial charge in [0.1, 0.15) is 23.7 Å². The van der Waals surface area contributed by atoms with Gasteiger partial charge in [0.15, 0.2) is 5.82 Å². The molecule has 0 bridgehead atoms. The average Bonchev–Trinajstić information content (AvgIpc) is 3.57. The zero-order valence-corrected chi connectivity index (χ0v) is 27.5. The Kier molecular flexibility index (Phi) is 10.7. The Morgan fingerprint density at radius 3 is 2.57 bits per heavy atom. The lowest BCUT2D eigenvalue weighted by atomic mass is 9.96. The molecule has 14 heteroatoms. The van der Waals surface area contributed by atoms with E-state index >= 15 is 0 Å². The fourth-order valence-corrected chi connectivity index (χ4v) is 5.46. The lowest BCUT2D eigenvalue weighted by molar-refractivity contribution is -0.139. The molecule has 4 aromatic rings. The highest BCUT2D eigenvalue weighted by molar-refractivity contribution is 6.02. The van der Waals surface area contributed by atoms with Gasteiger partial charge in [-0.2, -0.15) is 13.2 Å². The van der Waals surface area contributed by atoms with E-state index in [1.807, 2.05) is 38.2 Å². The molecule has 0 aliphatic carbocycles. The van der Waals surface area contributed by atoms with Crippen LogP contribution >= 0.6 is 0 Å². The fraction of sp³-hybridized carbons (Fsp3) is 0.286. The molecule has 3 aromatic carbocycles. The largest absolute Gasteiger partial charge is 0.494 e. The van der Waals surface area contributed by atoms with Gasteiger partial charge in [-0.25, -0.2) is 19.4 Å². The molecule has 5 rings (SSSR count). The third-order valence-electron chi connectivity index (χ3n) is 7.99. The van der Waals surface area contributed by atoms with Crippen LogP contribution < -0.4 is 25.3 Å². The standard InChI is InChI=1S/C35H37F4N7O3/c1-6-33(47)43-26-18-27(30(48-5)19-29(26)45(4)15-14-44(2)3)42-31-20-32(41-21-40-31)46-28(13-16-49-46)23-10-7-9-22(17-23)24-11-8-12-25(34(24)36)35(37,38)39/h6-12,17-21,28H,1,13-16H2,2-5H3,(H,43,47)(H,40,41,42)/t28-/m1/s1. The molecule has 1 saturated heterocycles. The van der Waals surface area contributed by atoms with Crippen LogP contribution in [0, 0.1) is 5.82 Å². The van der Waals surface area contributed by atoms with Crippen molar-refractivity contribution in [2.75, 3.05) is 68.5 Å². The van der Waals surface area contributed by atoms with Crippen LogP contribution in [0.4, 0.5) is 46.3 Å². The van der Waals surface area contributed by atoms with Gasteiger partial charge in [-0.3, -0.25) is 9.63 Å². The number of alkyl halides is 3. The van der Waals surface area contributed by atoms with Crippen LogP contribution in [-0.4, -0.2) is 68.7 Å². The van der Waals surface area contributed by atoms with Crippen LogP contribution in [0.2, 0.25) is 0 Å². The number of hydrogen-bond donors (Lipinski definition) is 2. The summed E-state index contributed by atoms with van der Waals surface area (Å²) in [5.41, 5.74) is 1.33. The molecule has 1 aliphatic heterocycles. The molecule has 49 heavy (non-hydrogen) atoms. The molecule has 1 amide bonds. The molecule has 1 aromatic heterocycles. The Bertz CT molecular complexity index is 1820. The molecular formula is C35H37F4N7O3. The molecule has 10 nitrogen and oxygen atoms in total. The zero-order chi connectivity index (χ0) is 35.3. The van der Waals surface area contributed by atoms with E-state index in [0.717, 1.165) is 18.3 Å². The number of amides is 1. The van der Waals surface area contributed by atoms with Crippen molar-refractivity contribution in [3.8, 4) is 16.9 Å². The van der Waals surface area contributed by atoms with Gasteiger partial charge in [0.2, 0.25) is 5.91 Å². The Labute approximate surface area is 281 Å². The lowest BCUT2D eigenvalue weighted by Crippen LogP contribution is -2.29. The summed E-state index contributed by atoms with van der Waals surface area (Å²) in [6, 6.07) is 14.8. The van der Waals surface area contributed by atoms with Crippen molar-refractivity contribution in [1.29, 1.82) is 0 Å². The molecule has 1 fully saturated rings. The topological polar surface area (TPSA) is 95.1 Å². The first-order chi connectivity index (χ1) is 23.4. The third-order valence-corrected chi connectivity index (χ3v) is 7.99. The molecule has 0 radical (unpaired) electrons. The van der Waals surface area contributed by atoms with E-state index < -0.39 is 17.6 Å². The molecule has 1 aliphatic rings. The van der Waals surface area contributed by atoms with Gasteiger partial charge in [0.05, 0.1) is 42.4 Å². The summed E-state index contributed by atoms with van der Waals surface area (Å²) >= 11 is 0. The number of benzene rings is 3. The summed E-state index contributed by atoms with van der Waals surface area (Å²) in [7, 11) is 7.42. The molecule has 2 N–H and O–H groups in total. The number of carbonyl (C=O) groups excluding carboxylic acids is 1. The minimum Gasteiger partial charge on any atom is -0.494 e. The number of nitrogens with zero attached hydrogens (tertiary/aromatic N) is 5. The molecule has 2 heterocycles. The van der Waals surface area contributed by atoms with Crippen molar-refractivity contribution in [2.45, 2.75) is 18.6 Å². The molecule has 0 saturated carbocycles. The summed E-state index contributed by atoms with van der Waals surface area (Å²) in [5.74, 6) is -0.395. The summed E-state index contributed by atoms with van der Waals surface area (Å²) < 4.78 is 60.9. The van der Waals surface area contributed by atoms with Crippen LogP contribution in [0.25, 0.3) is 11.1 Å². The van der Waals surface area contributed by atoms with Crippen molar-refractivity contribution in [1.82, 2.24) is 14.9 Å². The number of hydrogen-bond acceptors (Lipinski definition) is 9. The second kappa shape index (κ2) is 14.9. The predicted molar refractivity (Wildman–Crippen MR) is 182 cm³/mol. The maximum Gasteiger partial charge on any atom is 0.419 e. The Morgan fingerprint density at radius 2 is 1.86 bits per heavy atom. The predicted octanol–water partition coefficient (Wildman–Crippen LogP) is 7.06. The van der Waals surface area contributed by atoms with Gasteiger partial charge in [0.25, 0.3) is 0 Å². The van der Waals surface area contributed by atoms with Gasteiger partial charge in [-0.15, -0.1) is 0 Å². The highest BCUT2D eigenvalue weighted by Gasteiger charge is 2.35. The van der Waals surface area contributed by atoms with E-state index in [0.29, 0.717) is 59.5 Å². The van der Waals surface area contributed by atoms with E-state index in [9.17, 15) is 22.4 Å². The minimum absolute atomic E-state index is 0.150. The summed E-state index contributed by atoms with van der Waals surface area (Å²) in [6.45, 7) is 5.38. The second-order valence-electron chi connectivity index (χ2n) is 11.6. The van der Waals surface area contributed by atoms with Crippen molar-refractivity contribution in [2.24, 2.45) is 0 Å². The molecule has 1 atom stereocenters. The number of hydroxylamine groups is 1. The first-order valence-electron chi connectivity index (χ1n) is 15.4. The summed E-state index contributed by atoms with van der Waals surface area (Å²) in [5, 5.41) is 7.72. The molecule has 258 valence electrons. The monoisotopic (exact) mass is 679 g/mol. The molecular weight excluding hydrogens is 642 g/mol. The summed E-state index contributed by atoms with van der Waals surface area (Å²) in [4.78, 5) is 31.1. The van der Waals surface area contributed by atoms with Crippen molar-refractivity contribution in [3.63, 3.8) is 0 Å². The van der Waals surface area contributed by atoms with Crippen LogP contribution in [0.15, 0.2) is 79.6 Å². The van der Waals surface area contributed by atoms with Gasteiger partial charge in [-0.1, -0.05) is 36.9 Å². The quantitative estimate of drug-likeness (QED) is 0.121. The number of rotatable bonds is 12. The maximum atomic E-state index is 15.0. The number of halogens is 4. The lowest BCUT2D eigenvalue weighted by Gasteiger charge is -2.26. The van der Waals surface area contributed by atoms with Crippen molar-refractivity contribution in [3.05, 3.63) is 96.6 Å². The number of anilines is 5. The minimum atomic E-state index is -4.82. The normalized spacial score (nSPS) is 14.6. The highest BCUT2D eigenvalue weighted by atomic mass is 19.4. The Morgan fingerprint density at radius 1 is 1.08 bits per heavy atom. The number of nitrogens with one attached hydrogen (secondary N) is 2. The number of ether oxygens (including phenoxy) is 1. The van der Waals surface area contributed by atoms with Crippen LogP contribution in [0.3, 0.4) is 0 Å². The molecule has 0 unspecified atom stereocenters. The van der Waals surface area contributed by atoms with Crippen molar-refractivity contribution < 1.29 is 31.9 Å². The fourth-order valence-electron chi connectivity index (χ4n) is 5.46. The van der Waals surface area contributed by atoms with Gasteiger partial charge >= 0.3 is 6.18 Å². The first-order valence-corrected chi connectivity index (χ1v) is 15.4. The Balaban J connectivity index is 1.43. The highest BCUT2D eigenvalue weighted by Crippen LogP contribution is 2.41. The average molecular weight is 680 g/mol.